The summed E-state index contributed by atoms with van der Waals surface area (Å²) in [5.41, 5.74) is 0.197. The van der Waals surface area contributed by atoms with Crippen LogP contribution in [0.5, 0.6) is 0 Å². The predicted octanol–water partition coefficient (Wildman–Crippen LogP) is 1.92. The topological polar surface area (TPSA) is 61.4 Å². The molecule has 21 heavy (non-hydrogen) atoms. The van der Waals surface area contributed by atoms with Crippen LogP contribution in [0.4, 0.5) is 0 Å². The van der Waals surface area contributed by atoms with E-state index in [1.165, 1.54) is 0 Å². The molecule has 0 aromatic heterocycles. The number of nitrogens with zero attached hydrogens (tertiary/aromatic N) is 1. The maximum Gasteiger partial charge on any atom is 0.220 e. The first-order chi connectivity index (χ1) is 9.77. The lowest BCUT2D eigenvalue weighted by Gasteiger charge is -2.31. The van der Waals surface area contributed by atoms with E-state index in [0.717, 1.165) is 25.9 Å². The molecule has 2 N–H and O–H groups in total. The summed E-state index contributed by atoms with van der Waals surface area (Å²) in [4.78, 5) is 25.1. The van der Waals surface area contributed by atoms with E-state index < -0.39 is 0 Å². The minimum absolute atomic E-state index is 0.0236. The Labute approximate surface area is 129 Å². The molecule has 0 aromatic carbocycles. The fourth-order valence-electron chi connectivity index (χ4n) is 1.82. The van der Waals surface area contributed by atoms with Gasteiger partial charge in [0, 0.05) is 31.5 Å². The van der Waals surface area contributed by atoms with Gasteiger partial charge in [-0.1, -0.05) is 0 Å². The Kier molecular flexibility index (Phi) is 10.0. The van der Waals surface area contributed by atoms with Crippen LogP contribution >= 0.6 is 0 Å². The van der Waals surface area contributed by atoms with E-state index in [2.05, 4.69) is 43.4 Å². The highest BCUT2D eigenvalue weighted by Gasteiger charge is 2.15. The van der Waals surface area contributed by atoms with Crippen LogP contribution in [0.25, 0.3) is 0 Å². The Balaban J connectivity index is 3.52. The van der Waals surface area contributed by atoms with Crippen molar-refractivity contribution in [2.75, 3.05) is 26.7 Å². The molecule has 0 fully saturated rings. The minimum Gasteiger partial charge on any atom is -0.356 e. The molecular weight excluding hydrogens is 266 g/mol. The minimum atomic E-state index is 0.0236. The Morgan fingerprint density at radius 2 is 1.52 bits per heavy atom. The number of hydrogen-bond acceptors (Lipinski definition) is 3. The van der Waals surface area contributed by atoms with Gasteiger partial charge in [0.25, 0.3) is 0 Å². The van der Waals surface area contributed by atoms with Gasteiger partial charge in [-0.15, -0.1) is 0 Å². The summed E-state index contributed by atoms with van der Waals surface area (Å²) in [6, 6.07) is 0. The summed E-state index contributed by atoms with van der Waals surface area (Å²) >= 11 is 0. The van der Waals surface area contributed by atoms with Crippen LogP contribution in [-0.2, 0) is 9.59 Å². The molecule has 0 saturated carbocycles. The zero-order valence-electron chi connectivity index (χ0n) is 14.4. The summed E-state index contributed by atoms with van der Waals surface area (Å²) < 4.78 is 0. The molecule has 0 heterocycles. The molecule has 0 aliphatic heterocycles. The average Bonchev–Trinajstić information content (AvgIpc) is 2.37. The maximum absolute atomic E-state index is 11.6. The molecule has 0 aliphatic rings. The molecule has 5 heteroatoms. The SMILES string of the molecule is CCNC(=O)CCCC(=O)NCCCCN(C)C(C)(C)C. The second-order valence-electron chi connectivity index (χ2n) is 6.46. The van der Waals surface area contributed by atoms with Crippen LogP contribution in [0, 0.1) is 0 Å². The van der Waals surface area contributed by atoms with Crippen molar-refractivity contribution in [3.05, 3.63) is 0 Å². The molecule has 5 nitrogen and oxygen atoms in total. The van der Waals surface area contributed by atoms with Gasteiger partial charge in [0.2, 0.25) is 11.8 Å². The van der Waals surface area contributed by atoms with Gasteiger partial charge in [-0.3, -0.25) is 9.59 Å². The molecule has 0 bridgehead atoms. The lowest BCUT2D eigenvalue weighted by molar-refractivity contribution is -0.122. The van der Waals surface area contributed by atoms with Crippen LogP contribution in [0.2, 0.25) is 0 Å². The number of rotatable bonds is 10. The van der Waals surface area contributed by atoms with E-state index in [0.29, 0.717) is 25.8 Å². The second-order valence-corrected chi connectivity index (χ2v) is 6.46. The number of carbonyl (C=O) groups excluding carboxylic acids is 2. The number of hydrogen-bond donors (Lipinski definition) is 2. The molecule has 2 amide bonds. The molecule has 0 atom stereocenters. The van der Waals surface area contributed by atoms with E-state index in [4.69, 9.17) is 0 Å². The number of amides is 2. The van der Waals surface area contributed by atoms with Gasteiger partial charge in [-0.05, 0) is 60.5 Å². The van der Waals surface area contributed by atoms with Gasteiger partial charge in [0.15, 0.2) is 0 Å². The second kappa shape index (κ2) is 10.6. The van der Waals surface area contributed by atoms with Crippen molar-refractivity contribution in [3.63, 3.8) is 0 Å². The van der Waals surface area contributed by atoms with E-state index >= 15 is 0 Å². The Morgan fingerprint density at radius 3 is 2.05 bits per heavy atom. The van der Waals surface area contributed by atoms with Crippen LogP contribution in [-0.4, -0.2) is 48.9 Å². The van der Waals surface area contributed by atoms with Gasteiger partial charge < -0.3 is 15.5 Å². The highest BCUT2D eigenvalue weighted by molar-refractivity contribution is 5.78. The largest absolute Gasteiger partial charge is 0.356 e. The summed E-state index contributed by atoms with van der Waals surface area (Å²) in [6.45, 7) is 10.9. The van der Waals surface area contributed by atoms with Crippen LogP contribution in [0.1, 0.15) is 59.8 Å². The molecule has 0 rings (SSSR count). The fourth-order valence-corrected chi connectivity index (χ4v) is 1.82. The number of unbranched alkanes of at least 4 members (excludes halogenated alkanes) is 1. The van der Waals surface area contributed by atoms with Gasteiger partial charge in [0.05, 0.1) is 0 Å². The normalized spacial score (nSPS) is 11.5. The van der Waals surface area contributed by atoms with Crippen LogP contribution in [0.3, 0.4) is 0 Å². The fraction of sp³-hybridized carbons (Fsp3) is 0.875. The van der Waals surface area contributed by atoms with Gasteiger partial charge in [-0.25, -0.2) is 0 Å². The molecular formula is C16H33N3O2. The smallest absolute Gasteiger partial charge is 0.220 e. The first-order valence-corrected chi connectivity index (χ1v) is 8.02. The molecule has 0 saturated heterocycles. The van der Waals surface area contributed by atoms with Crippen molar-refractivity contribution in [2.24, 2.45) is 0 Å². The highest BCUT2D eigenvalue weighted by atomic mass is 16.2. The Bertz CT molecular complexity index is 311. The third-order valence-electron chi connectivity index (χ3n) is 3.57. The van der Waals surface area contributed by atoms with Crippen molar-refractivity contribution >= 4 is 11.8 Å². The summed E-state index contributed by atoms with van der Waals surface area (Å²) in [5.74, 6) is 0.0685. The molecule has 124 valence electrons. The summed E-state index contributed by atoms with van der Waals surface area (Å²) in [5, 5.41) is 5.64. The van der Waals surface area contributed by atoms with E-state index in [9.17, 15) is 9.59 Å². The van der Waals surface area contributed by atoms with E-state index in [1.54, 1.807) is 0 Å². The Hall–Kier alpha value is -1.10. The molecule has 0 aliphatic carbocycles. The van der Waals surface area contributed by atoms with Gasteiger partial charge >= 0.3 is 0 Å². The third kappa shape index (κ3) is 11.3. The van der Waals surface area contributed by atoms with Crippen LogP contribution < -0.4 is 10.6 Å². The van der Waals surface area contributed by atoms with Crippen molar-refractivity contribution in [3.8, 4) is 0 Å². The van der Waals surface area contributed by atoms with Crippen molar-refractivity contribution in [2.45, 2.75) is 65.3 Å². The molecule has 0 spiro atoms. The average molecular weight is 299 g/mol. The lowest BCUT2D eigenvalue weighted by Crippen LogP contribution is -2.38. The molecule has 0 unspecified atom stereocenters. The van der Waals surface area contributed by atoms with Crippen LogP contribution in [0.15, 0.2) is 0 Å². The number of carbonyl (C=O) groups is 2. The van der Waals surface area contributed by atoms with E-state index in [1.807, 2.05) is 6.92 Å². The third-order valence-corrected chi connectivity index (χ3v) is 3.57. The molecule has 0 radical (unpaired) electrons. The van der Waals surface area contributed by atoms with E-state index in [-0.39, 0.29) is 17.4 Å². The monoisotopic (exact) mass is 299 g/mol. The van der Waals surface area contributed by atoms with Crippen molar-refractivity contribution < 1.29 is 9.59 Å². The lowest BCUT2D eigenvalue weighted by atomic mass is 10.1. The standard InChI is InChI=1S/C16H33N3O2/c1-6-17-14(20)10-9-11-15(21)18-12-7-8-13-19(5)16(2,3)4/h6-13H2,1-5H3,(H,17,20)(H,18,21). The first kappa shape index (κ1) is 19.9. The zero-order chi connectivity index (χ0) is 16.3. The maximum atomic E-state index is 11.6. The summed E-state index contributed by atoms with van der Waals surface area (Å²) in [6.07, 6.45) is 3.54. The van der Waals surface area contributed by atoms with Gasteiger partial charge in [0.1, 0.15) is 0 Å². The molecule has 0 aromatic rings. The highest BCUT2D eigenvalue weighted by Crippen LogP contribution is 2.10. The quantitative estimate of drug-likeness (QED) is 0.606. The Morgan fingerprint density at radius 1 is 0.952 bits per heavy atom. The zero-order valence-corrected chi connectivity index (χ0v) is 14.4. The predicted molar refractivity (Wildman–Crippen MR) is 87.2 cm³/mol. The van der Waals surface area contributed by atoms with Crippen molar-refractivity contribution in [1.82, 2.24) is 15.5 Å². The summed E-state index contributed by atoms with van der Waals surface area (Å²) in [7, 11) is 2.12. The number of nitrogens with one attached hydrogen (secondary N) is 2. The van der Waals surface area contributed by atoms with Gasteiger partial charge in [-0.2, -0.15) is 0 Å². The van der Waals surface area contributed by atoms with Crippen molar-refractivity contribution in [1.29, 1.82) is 0 Å². The first-order valence-electron chi connectivity index (χ1n) is 8.02.